The maximum Gasteiger partial charge on any atom is 0.249 e. The fourth-order valence-corrected chi connectivity index (χ4v) is 3.18. The summed E-state index contributed by atoms with van der Waals surface area (Å²) in [7, 11) is 0. The van der Waals surface area contributed by atoms with E-state index in [9.17, 15) is 4.79 Å². The predicted molar refractivity (Wildman–Crippen MR) is 79.3 cm³/mol. The number of nitrogens with one attached hydrogen (secondary N) is 1. The first-order valence-electron chi connectivity index (χ1n) is 7.37. The molecule has 1 N–H and O–H groups in total. The molecule has 3 heterocycles. The average molecular weight is 286 g/mol. The van der Waals surface area contributed by atoms with Crippen LogP contribution in [0.3, 0.4) is 0 Å². The van der Waals surface area contributed by atoms with Crippen LogP contribution in [0, 0.1) is 0 Å². The van der Waals surface area contributed by atoms with E-state index >= 15 is 0 Å². The number of hydrogen-bond acceptors (Lipinski definition) is 4. The highest BCUT2D eigenvalue weighted by molar-refractivity contribution is 5.98. The highest BCUT2D eigenvalue weighted by Crippen LogP contribution is 2.28. The summed E-state index contributed by atoms with van der Waals surface area (Å²) in [6.07, 6.45) is -0.107. The standard InChI is InChI=1S/C15H18N4O2/c1-10-13(16-6-9-21-10)14(20)19-8-7-18-12-5-3-2-4-11(12)17-15(18)19/h2-5,10,13,16H,6-9H2,1H3/t10-,13+/m1/s1. The van der Waals surface area contributed by atoms with Gasteiger partial charge in [-0.05, 0) is 19.1 Å². The van der Waals surface area contributed by atoms with Crippen molar-refractivity contribution in [3.63, 3.8) is 0 Å². The average Bonchev–Trinajstić information content (AvgIpc) is 3.06. The second-order valence-electron chi connectivity index (χ2n) is 5.55. The molecule has 1 aromatic heterocycles. The number of benzene rings is 1. The molecule has 6 nitrogen and oxygen atoms in total. The number of fused-ring (bicyclic) bond motifs is 3. The van der Waals surface area contributed by atoms with Gasteiger partial charge in [-0.15, -0.1) is 0 Å². The molecular weight excluding hydrogens is 268 g/mol. The Morgan fingerprint density at radius 2 is 2.24 bits per heavy atom. The summed E-state index contributed by atoms with van der Waals surface area (Å²) in [6, 6.07) is 7.71. The highest BCUT2D eigenvalue weighted by Gasteiger charge is 2.36. The normalized spacial score (nSPS) is 25.3. The summed E-state index contributed by atoms with van der Waals surface area (Å²) in [5, 5.41) is 3.26. The summed E-state index contributed by atoms with van der Waals surface area (Å²) < 4.78 is 7.69. The van der Waals surface area contributed by atoms with Gasteiger partial charge in [0.25, 0.3) is 0 Å². The Morgan fingerprint density at radius 1 is 1.38 bits per heavy atom. The molecule has 2 atom stereocenters. The Kier molecular flexibility index (Phi) is 2.94. The maximum atomic E-state index is 12.8. The molecular formula is C15H18N4O2. The van der Waals surface area contributed by atoms with Gasteiger partial charge < -0.3 is 14.6 Å². The predicted octanol–water partition coefficient (Wildman–Crippen LogP) is 0.760. The van der Waals surface area contributed by atoms with E-state index in [1.54, 1.807) is 4.90 Å². The topological polar surface area (TPSA) is 59.4 Å². The Balaban J connectivity index is 1.68. The number of aromatic nitrogens is 2. The van der Waals surface area contributed by atoms with E-state index in [0.29, 0.717) is 19.7 Å². The van der Waals surface area contributed by atoms with Crippen LogP contribution in [0.2, 0.25) is 0 Å². The van der Waals surface area contributed by atoms with E-state index in [4.69, 9.17) is 4.74 Å². The van der Waals surface area contributed by atoms with E-state index < -0.39 is 0 Å². The number of rotatable bonds is 1. The van der Waals surface area contributed by atoms with Gasteiger partial charge in [0.2, 0.25) is 11.9 Å². The van der Waals surface area contributed by atoms with Gasteiger partial charge in [-0.1, -0.05) is 12.1 Å². The van der Waals surface area contributed by atoms with Crippen LogP contribution in [0.5, 0.6) is 0 Å². The largest absolute Gasteiger partial charge is 0.375 e. The lowest BCUT2D eigenvalue weighted by Crippen LogP contribution is -2.56. The van der Waals surface area contributed by atoms with Crippen LogP contribution >= 0.6 is 0 Å². The number of hydrogen-bond donors (Lipinski definition) is 1. The van der Waals surface area contributed by atoms with E-state index in [1.165, 1.54) is 0 Å². The molecule has 2 aromatic rings. The number of carbonyl (C=O) groups excluding carboxylic acids is 1. The Labute approximate surface area is 122 Å². The minimum absolute atomic E-state index is 0.0521. The molecule has 1 amide bonds. The van der Waals surface area contributed by atoms with Gasteiger partial charge in [-0.3, -0.25) is 9.69 Å². The second kappa shape index (κ2) is 4.82. The summed E-state index contributed by atoms with van der Waals surface area (Å²) in [5.74, 6) is 0.803. The van der Waals surface area contributed by atoms with Crippen molar-refractivity contribution in [1.82, 2.24) is 14.9 Å². The van der Waals surface area contributed by atoms with Crippen LogP contribution in [0.15, 0.2) is 24.3 Å². The number of imidazole rings is 1. The minimum Gasteiger partial charge on any atom is -0.375 e. The number of ether oxygens (including phenoxy) is 1. The van der Waals surface area contributed by atoms with Gasteiger partial charge in [0, 0.05) is 19.6 Å². The van der Waals surface area contributed by atoms with Gasteiger partial charge in [-0.2, -0.15) is 0 Å². The maximum absolute atomic E-state index is 12.8. The van der Waals surface area contributed by atoms with Gasteiger partial charge >= 0.3 is 0 Å². The molecule has 110 valence electrons. The van der Waals surface area contributed by atoms with Gasteiger partial charge in [0.1, 0.15) is 6.04 Å². The van der Waals surface area contributed by atoms with E-state index in [1.807, 2.05) is 31.2 Å². The zero-order valence-electron chi connectivity index (χ0n) is 12.0. The molecule has 2 aliphatic rings. The SMILES string of the molecule is C[C@H]1OCCN[C@@H]1C(=O)N1CCn2c1nc1ccccc12. The molecule has 1 saturated heterocycles. The molecule has 21 heavy (non-hydrogen) atoms. The fraction of sp³-hybridized carbons (Fsp3) is 0.467. The smallest absolute Gasteiger partial charge is 0.249 e. The van der Waals surface area contributed by atoms with Crippen molar-refractivity contribution >= 4 is 22.9 Å². The van der Waals surface area contributed by atoms with Crippen molar-refractivity contribution in [2.24, 2.45) is 0 Å². The number of nitrogens with zero attached hydrogens (tertiary/aromatic N) is 3. The molecule has 0 unspecified atom stereocenters. The fourth-order valence-electron chi connectivity index (χ4n) is 3.18. The van der Waals surface area contributed by atoms with Gasteiger partial charge in [0.05, 0.1) is 23.7 Å². The van der Waals surface area contributed by atoms with Crippen molar-refractivity contribution in [2.45, 2.75) is 25.6 Å². The number of morpholine rings is 1. The third-order valence-corrected chi connectivity index (χ3v) is 4.27. The third kappa shape index (κ3) is 1.94. The summed E-state index contributed by atoms with van der Waals surface area (Å²) >= 11 is 0. The molecule has 1 aromatic carbocycles. The zero-order chi connectivity index (χ0) is 14.4. The number of para-hydroxylation sites is 2. The highest BCUT2D eigenvalue weighted by atomic mass is 16.5. The second-order valence-corrected chi connectivity index (χ2v) is 5.55. The third-order valence-electron chi connectivity index (χ3n) is 4.27. The molecule has 2 aliphatic heterocycles. The number of amides is 1. The van der Waals surface area contributed by atoms with Crippen LogP contribution < -0.4 is 10.2 Å². The molecule has 0 spiro atoms. The number of carbonyl (C=O) groups is 1. The van der Waals surface area contributed by atoms with E-state index in [-0.39, 0.29) is 18.1 Å². The Bertz CT molecular complexity index is 696. The van der Waals surface area contributed by atoms with Crippen molar-refractivity contribution < 1.29 is 9.53 Å². The van der Waals surface area contributed by atoms with Crippen LogP contribution in [0.4, 0.5) is 5.95 Å². The minimum atomic E-state index is -0.287. The molecule has 0 bridgehead atoms. The van der Waals surface area contributed by atoms with Gasteiger partial charge in [-0.25, -0.2) is 4.98 Å². The van der Waals surface area contributed by atoms with E-state index in [0.717, 1.165) is 23.5 Å². The monoisotopic (exact) mass is 286 g/mol. The lowest BCUT2D eigenvalue weighted by atomic mass is 10.1. The molecule has 4 rings (SSSR count). The van der Waals surface area contributed by atoms with Crippen molar-refractivity contribution in [1.29, 1.82) is 0 Å². The quantitative estimate of drug-likeness (QED) is 0.841. The Hall–Kier alpha value is -1.92. The Morgan fingerprint density at radius 3 is 3.10 bits per heavy atom. The van der Waals surface area contributed by atoms with Crippen LogP contribution in [0.25, 0.3) is 11.0 Å². The molecule has 0 saturated carbocycles. The molecule has 0 radical (unpaired) electrons. The van der Waals surface area contributed by atoms with Crippen LogP contribution in [-0.4, -0.2) is 47.3 Å². The zero-order valence-corrected chi connectivity index (χ0v) is 12.0. The van der Waals surface area contributed by atoms with Crippen molar-refractivity contribution in [3.05, 3.63) is 24.3 Å². The molecule has 0 aliphatic carbocycles. The first-order chi connectivity index (χ1) is 10.3. The first kappa shape index (κ1) is 12.8. The summed E-state index contributed by atoms with van der Waals surface area (Å²) in [6.45, 7) is 4.78. The summed E-state index contributed by atoms with van der Waals surface area (Å²) in [4.78, 5) is 19.2. The first-order valence-corrected chi connectivity index (χ1v) is 7.37. The van der Waals surface area contributed by atoms with Crippen molar-refractivity contribution in [2.75, 3.05) is 24.6 Å². The van der Waals surface area contributed by atoms with Gasteiger partial charge in [0.15, 0.2) is 0 Å². The summed E-state index contributed by atoms with van der Waals surface area (Å²) in [5.41, 5.74) is 2.02. The lowest BCUT2D eigenvalue weighted by Gasteiger charge is -2.31. The van der Waals surface area contributed by atoms with Crippen molar-refractivity contribution in [3.8, 4) is 0 Å². The molecule has 6 heteroatoms. The van der Waals surface area contributed by atoms with E-state index in [2.05, 4.69) is 14.9 Å². The van der Waals surface area contributed by atoms with Crippen LogP contribution in [-0.2, 0) is 16.1 Å². The lowest BCUT2D eigenvalue weighted by molar-refractivity contribution is -0.126. The van der Waals surface area contributed by atoms with Crippen LogP contribution in [0.1, 0.15) is 6.92 Å². The molecule has 1 fully saturated rings. The number of anilines is 1.